The molecule has 176 valence electrons. The molecular formula is C26H20F2N4O3. The van der Waals surface area contributed by atoms with Crippen molar-refractivity contribution < 1.29 is 18.4 Å². The normalized spacial score (nSPS) is 11.1. The number of benzene rings is 3. The Balaban J connectivity index is 1.60. The number of aromatic nitrogens is 3. The van der Waals surface area contributed by atoms with E-state index in [0.29, 0.717) is 27.7 Å². The highest BCUT2D eigenvalue weighted by atomic mass is 19.1. The number of hydrogen-bond acceptors (Lipinski definition) is 5. The smallest absolute Gasteiger partial charge is 0.261 e. The Morgan fingerprint density at radius 2 is 1.71 bits per heavy atom. The summed E-state index contributed by atoms with van der Waals surface area (Å²) in [5.41, 5.74) is 8.49. The molecule has 2 aromatic heterocycles. The van der Waals surface area contributed by atoms with Crippen LogP contribution in [0.5, 0.6) is 11.5 Å². The average molecular weight is 474 g/mol. The molecule has 0 spiro atoms. The third-order valence-corrected chi connectivity index (χ3v) is 5.44. The Morgan fingerprint density at radius 3 is 2.49 bits per heavy atom. The molecule has 0 saturated heterocycles. The van der Waals surface area contributed by atoms with Gasteiger partial charge in [0.15, 0.2) is 11.6 Å². The largest absolute Gasteiger partial charge is 0.454 e. The molecule has 2 heterocycles. The first-order chi connectivity index (χ1) is 16.9. The van der Waals surface area contributed by atoms with E-state index in [4.69, 9.17) is 15.3 Å². The molecule has 35 heavy (non-hydrogen) atoms. The van der Waals surface area contributed by atoms with E-state index in [2.05, 4.69) is 5.10 Å². The van der Waals surface area contributed by atoms with E-state index in [1.807, 2.05) is 30.3 Å². The standard InChI is InChI=1S/C26H20F2N4O3/c1-31-13-20(19-12-18(29)8-10-23(19)35-24-9-7-17(27)11-22(24)28)25-21(26(31)33)14-32(30-25)34-15-16-5-3-2-4-6-16/h2-14H,15,29H2,1H3. The van der Waals surface area contributed by atoms with Crippen LogP contribution in [0.2, 0.25) is 0 Å². The molecule has 7 nitrogen and oxygen atoms in total. The fourth-order valence-electron chi connectivity index (χ4n) is 3.71. The van der Waals surface area contributed by atoms with Gasteiger partial charge in [-0.05, 0) is 35.9 Å². The molecule has 5 rings (SSSR count). The summed E-state index contributed by atoms with van der Waals surface area (Å²) >= 11 is 0. The summed E-state index contributed by atoms with van der Waals surface area (Å²) in [4.78, 5) is 19.8. The molecule has 0 aliphatic carbocycles. The van der Waals surface area contributed by atoms with E-state index >= 15 is 0 Å². The first-order valence-corrected chi connectivity index (χ1v) is 10.7. The van der Waals surface area contributed by atoms with Crippen molar-refractivity contribution in [1.29, 1.82) is 0 Å². The van der Waals surface area contributed by atoms with Crippen molar-refractivity contribution in [2.24, 2.45) is 7.05 Å². The van der Waals surface area contributed by atoms with Gasteiger partial charge in [0.25, 0.3) is 5.56 Å². The van der Waals surface area contributed by atoms with Crippen LogP contribution in [0.15, 0.2) is 83.9 Å². The van der Waals surface area contributed by atoms with Gasteiger partial charge in [-0.2, -0.15) is 0 Å². The summed E-state index contributed by atoms with van der Waals surface area (Å²) in [5, 5.41) is 4.79. The van der Waals surface area contributed by atoms with Crippen LogP contribution >= 0.6 is 0 Å². The van der Waals surface area contributed by atoms with Crippen LogP contribution < -0.4 is 20.9 Å². The zero-order valence-corrected chi connectivity index (χ0v) is 18.6. The van der Waals surface area contributed by atoms with Crippen molar-refractivity contribution in [3.8, 4) is 22.6 Å². The molecule has 0 atom stereocenters. The van der Waals surface area contributed by atoms with Gasteiger partial charge in [0.1, 0.15) is 23.7 Å². The van der Waals surface area contributed by atoms with Gasteiger partial charge in [0, 0.05) is 36.1 Å². The van der Waals surface area contributed by atoms with Crippen molar-refractivity contribution in [2.75, 3.05) is 5.73 Å². The van der Waals surface area contributed by atoms with Crippen LogP contribution in [-0.2, 0) is 13.7 Å². The van der Waals surface area contributed by atoms with Gasteiger partial charge in [-0.3, -0.25) is 4.79 Å². The minimum Gasteiger partial charge on any atom is -0.454 e. The second kappa shape index (κ2) is 8.94. The van der Waals surface area contributed by atoms with Crippen LogP contribution in [0.4, 0.5) is 14.5 Å². The lowest BCUT2D eigenvalue weighted by atomic mass is 10.0. The Labute approximate surface area is 198 Å². The fraction of sp³-hybridized carbons (Fsp3) is 0.0769. The van der Waals surface area contributed by atoms with Gasteiger partial charge < -0.3 is 19.9 Å². The third kappa shape index (κ3) is 4.43. The third-order valence-electron chi connectivity index (χ3n) is 5.44. The molecule has 0 fully saturated rings. The second-order valence-corrected chi connectivity index (χ2v) is 7.94. The second-order valence-electron chi connectivity index (χ2n) is 7.94. The number of rotatable bonds is 6. The van der Waals surface area contributed by atoms with Gasteiger partial charge in [-0.1, -0.05) is 30.3 Å². The Morgan fingerprint density at radius 1 is 0.943 bits per heavy atom. The molecule has 9 heteroatoms. The van der Waals surface area contributed by atoms with Crippen molar-refractivity contribution in [1.82, 2.24) is 14.5 Å². The summed E-state index contributed by atoms with van der Waals surface area (Å²) in [6.07, 6.45) is 3.11. The lowest BCUT2D eigenvalue weighted by Gasteiger charge is -2.14. The number of pyridine rings is 1. The number of halogens is 2. The lowest BCUT2D eigenvalue weighted by molar-refractivity contribution is 0.0716. The number of nitrogens with zero attached hydrogens (tertiary/aromatic N) is 3. The van der Waals surface area contributed by atoms with E-state index < -0.39 is 11.6 Å². The number of aryl methyl sites for hydroxylation is 1. The van der Waals surface area contributed by atoms with E-state index in [0.717, 1.165) is 17.7 Å². The van der Waals surface area contributed by atoms with Crippen molar-refractivity contribution in [3.63, 3.8) is 0 Å². The van der Waals surface area contributed by atoms with E-state index in [9.17, 15) is 13.6 Å². The van der Waals surface area contributed by atoms with Crippen LogP contribution in [0.25, 0.3) is 22.0 Å². The maximum Gasteiger partial charge on any atom is 0.261 e. The average Bonchev–Trinajstić information content (AvgIpc) is 3.28. The van der Waals surface area contributed by atoms with Crippen LogP contribution in [0, 0.1) is 11.6 Å². The predicted molar refractivity (Wildman–Crippen MR) is 128 cm³/mol. The van der Waals surface area contributed by atoms with Gasteiger partial charge in [0.05, 0.1) is 11.6 Å². The number of nitrogen functional groups attached to an aromatic ring is 1. The van der Waals surface area contributed by atoms with Gasteiger partial charge in [-0.25, -0.2) is 8.78 Å². The zero-order valence-electron chi connectivity index (χ0n) is 18.6. The van der Waals surface area contributed by atoms with Crippen molar-refractivity contribution in [3.05, 3.63) is 107 Å². The number of anilines is 1. The molecule has 0 bridgehead atoms. The van der Waals surface area contributed by atoms with Gasteiger partial charge in [0.2, 0.25) is 0 Å². The summed E-state index contributed by atoms with van der Waals surface area (Å²) in [6, 6.07) is 17.4. The summed E-state index contributed by atoms with van der Waals surface area (Å²) in [5.74, 6) is -1.47. The first-order valence-electron chi connectivity index (χ1n) is 10.7. The monoisotopic (exact) mass is 474 g/mol. The molecule has 0 aliphatic heterocycles. The first kappa shape index (κ1) is 22.1. The van der Waals surface area contributed by atoms with Crippen molar-refractivity contribution >= 4 is 16.6 Å². The summed E-state index contributed by atoms with van der Waals surface area (Å²) in [7, 11) is 1.61. The Hall–Kier alpha value is -4.66. The quantitative estimate of drug-likeness (QED) is 0.361. The Bertz CT molecular complexity index is 1600. The summed E-state index contributed by atoms with van der Waals surface area (Å²) < 4.78 is 34.8. The molecule has 2 N–H and O–H groups in total. The van der Waals surface area contributed by atoms with Crippen LogP contribution in [-0.4, -0.2) is 14.5 Å². The molecule has 0 unspecified atom stereocenters. The maximum atomic E-state index is 14.3. The molecule has 0 radical (unpaired) electrons. The minimum absolute atomic E-state index is 0.157. The predicted octanol–water partition coefficient (Wildman–Crippen LogP) is 4.68. The number of nitrogens with two attached hydrogens (primary N) is 1. The molecule has 3 aromatic carbocycles. The van der Waals surface area contributed by atoms with Crippen molar-refractivity contribution in [2.45, 2.75) is 6.61 Å². The maximum absolute atomic E-state index is 14.3. The topological polar surface area (TPSA) is 84.3 Å². The lowest BCUT2D eigenvalue weighted by Crippen LogP contribution is -2.16. The molecule has 5 aromatic rings. The zero-order chi connectivity index (χ0) is 24.5. The van der Waals surface area contributed by atoms with Gasteiger partial charge in [-0.15, -0.1) is 9.94 Å². The number of fused-ring (bicyclic) bond motifs is 1. The highest BCUT2D eigenvalue weighted by Gasteiger charge is 2.19. The highest BCUT2D eigenvalue weighted by Crippen LogP contribution is 2.38. The molecular weight excluding hydrogens is 454 g/mol. The molecule has 0 saturated carbocycles. The number of ether oxygens (including phenoxy) is 1. The van der Waals surface area contributed by atoms with E-state index in [1.165, 1.54) is 21.7 Å². The van der Waals surface area contributed by atoms with E-state index in [-0.39, 0.29) is 23.7 Å². The SMILES string of the molecule is Cn1cc(-c2cc(N)ccc2Oc2ccc(F)cc2F)c2nn(OCc3ccccc3)cc2c1=O. The van der Waals surface area contributed by atoms with E-state index in [1.54, 1.807) is 31.4 Å². The van der Waals surface area contributed by atoms with Crippen LogP contribution in [0.3, 0.4) is 0 Å². The summed E-state index contributed by atoms with van der Waals surface area (Å²) in [6.45, 7) is 0.251. The van der Waals surface area contributed by atoms with Crippen LogP contribution in [0.1, 0.15) is 5.56 Å². The number of hydrogen-bond donors (Lipinski definition) is 1. The molecule has 0 amide bonds. The minimum atomic E-state index is -0.850. The Kier molecular flexibility index (Phi) is 5.66. The highest BCUT2D eigenvalue weighted by molar-refractivity contribution is 5.94. The molecule has 0 aliphatic rings. The van der Waals surface area contributed by atoms with Gasteiger partial charge >= 0.3 is 0 Å². The fourth-order valence-corrected chi connectivity index (χ4v) is 3.71.